The highest BCUT2D eigenvalue weighted by Gasteiger charge is 2.23. The van der Waals surface area contributed by atoms with E-state index >= 15 is 0 Å². The van der Waals surface area contributed by atoms with Gasteiger partial charge in [-0.25, -0.2) is 0 Å². The summed E-state index contributed by atoms with van der Waals surface area (Å²) in [5, 5.41) is 10.5. The van der Waals surface area contributed by atoms with E-state index < -0.39 is 5.60 Å². The lowest BCUT2D eigenvalue weighted by Crippen LogP contribution is -2.31. The second kappa shape index (κ2) is 5.49. The summed E-state index contributed by atoms with van der Waals surface area (Å²) in [6.45, 7) is 5.75. The van der Waals surface area contributed by atoms with Gasteiger partial charge in [0, 0.05) is 35.6 Å². The van der Waals surface area contributed by atoms with Crippen LogP contribution in [0.2, 0.25) is 0 Å². The summed E-state index contributed by atoms with van der Waals surface area (Å²) in [6, 6.07) is 11.8. The number of pyridine rings is 2. The molecule has 0 bridgehead atoms. The van der Waals surface area contributed by atoms with Crippen LogP contribution < -0.4 is 0 Å². The number of hydrogen-bond acceptors (Lipinski definition) is 3. The van der Waals surface area contributed by atoms with Crippen LogP contribution in [0.4, 0.5) is 0 Å². The van der Waals surface area contributed by atoms with E-state index in [-0.39, 0.29) is 0 Å². The summed E-state index contributed by atoms with van der Waals surface area (Å²) in [5.74, 6) is 0. The zero-order chi connectivity index (χ0) is 13.9. The van der Waals surface area contributed by atoms with E-state index in [2.05, 4.69) is 9.97 Å². The van der Waals surface area contributed by atoms with Gasteiger partial charge in [-0.1, -0.05) is 12.1 Å². The molecule has 0 saturated heterocycles. The van der Waals surface area contributed by atoms with Crippen molar-refractivity contribution in [2.45, 2.75) is 39.2 Å². The van der Waals surface area contributed by atoms with Gasteiger partial charge in [0.05, 0.1) is 5.60 Å². The SMILES string of the molecule is Cc1cccc(CC(C)(O)Cc2cccc(C)n2)n1. The standard InChI is InChI=1S/C16H20N2O/c1-12-6-4-8-14(17-12)10-16(3,19)11-15-9-5-7-13(2)18-15/h4-9,19H,10-11H2,1-3H3. The minimum atomic E-state index is -0.832. The fourth-order valence-corrected chi connectivity index (χ4v) is 2.24. The molecule has 0 radical (unpaired) electrons. The topological polar surface area (TPSA) is 46.0 Å². The first-order valence-electron chi connectivity index (χ1n) is 6.52. The molecule has 0 aliphatic heterocycles. The van der Waals surface area contributed by atoms with Gasteiger partial charge in [-0.2, -0.15) is 0 Å². The van der Waals surface area contributed by atoms with E-state index in [0.29, 0.717) is 12.8 Å². The molecular weight excluding hydrogens is 236 g/mol. The number of nitrogens with zero attached hydrogens (tertiary/aromatic N) is 2. The average Bonchev–Trinajstić information content (AvgIpc) is 2.27. The largest absolute Gasteiger partial charge is 0.389 e. The molecule has 1 N–H and O–H groups in total. The Balaban J connectivity index is 2.10. The van der Waals surface area contributed by atoms with Gasteiger partial charge >= 0.3 is 0 Å². The zero-order valence-electron chi connectivity index (χ0n) is 11.7. The van der Waals surface area contributed by atoms with Gasteiger partial charge in [0.1, 0.15) is 0 Å². The number of hydrogen-bond donors (Lipinski definition) is 1. The molecule has 0 aliphatic rings. The van der Waals surface area contributed by atoms with Gasteiger partial charge in [-0.05, 0) is 45.0 Å². The maximum Gasteiger partial charge on any atom is 0.0730 e. The Hall–Kier alpha value is -1.74. The van der Waals surface area contributed by atoms with Crippen LogP contribution in [0.5, 0.6) is 0 Å². The lowest BCUT2D eigenvalue weighted by atomic mass is 9.93. The quantitative estimate of drug-likeness (QED) is 0.914. The molecule has 3 heteroatoms. The zero-order valence-corrected chi connectivity index (χ0v) is 11.7. The van der Waals surface area contributed by atoms with Crippen LogP contribution in [-0.4, -0.2) is 20.7 Å². The lowest BCUT2D eigenvalue weighted by Gasteiger charge is -2.22. The second-order valence-electron chi connectivity index (χ2n) is 5.39. The molecule has 0 fully saturated rings. The molecule has 2 heterocycles. The van der Waals surface area contributed by atoms with Crippen molar-refractivity contribution in [1.29, 1.82) is 0 Å². The fraction of sp³-hybridized carbons (Fsp3) is 0.375. The van der Waals surface area contributed by atoms with Crippen molar-refractivity contribution in [1.82, 2.24) is 9.97 Å². The molecule has 0 spiro atoms. The van der Waals surface area contributed by atoms with E-state index in [1.54, 1.807) is 0 Å². The van der Waals surface area contributed by atoms with E-state index in [0.717, 1.165) is 22.8 Å². The predicted molar refractivity (Wildman–Crippen MR) is 76.0 cm³/mol. The highest BCUT2D eigenvalue weighted by atomic mass is 16.3. The molecule has 100 valence electrons. The average molecular weight is 256 g/mol. The van der Waals surface area contributed by atoms with Crippen LogP contribution >= 0.6 is 0 Å². The Kier molecular flexibility index (Phi) is 3.96. The van der Waals surface area contributed by atoms with Crippen LogP contribution in [0.1, 0.15) is 29.7 Å². The Bertz CT molecular complexity index is 515. The van der Waals surface area contributed by atoms with Gasteiger partial charge in [0.2, 0.25) is 0 Å². The third-order valence-corrected chi connectivity index (χ3v) is 3.02. The smallest absolute Gasteiger partial charge is 0.0730 e. The highest BCUT2D eigenvalue weighted by molar-refractivity contribution is 5.15. The molecule has 2 rings (SSSR count). The first-order valence-corrected chi connectivity index (χ1v) is 6.52. The van der Waals surface area contributed by atoms with Crippen molar-refractivity contribution >= 4 is 0 Å². The molecular formula is C16H20N2O. The summed E-state index contributed by atoms with van der Waals surface area (Å²) in [5.41, 5.74) is 2.95. The minimum Gasteiger partial charge on any atom is -0.389 e. The van der Waals surface area contributed by atoms with Crippen LogP contribution in [0, 0.1) is 13.8 Å². The van der Waals surface area contributed by atoms with Crippen LogP contribution in [0.25, 0.3) is 0 Å². The number of rotatable bonds is 4. The highest BCUT2D eigenvalue weighted by Crippen LogP contribution is 2.17. The molecule has 3 nitrogen and oxygen atoms in total. The van der Waals surface area contributed by atoms with E-state index in [4.69, 9.17) is 0 Å². The lowest BCUT2D eigenvalue weighted by molar-refractivity contribution is 0.0588. The van der Waals surface area contributed by atoms with Gasteiger partial charge in [-0.15, -0.1) is 0 Å². The first kappa shape index (κ1) is 13.7. The number of aliphatic hydroxyl groups is 1. The Labute approximate surface area is 114 Å². The Morgan fingerprint density at radius 3 is 1.68 bits per heavy atom. The third-order valence-electron chi connectivity index (χ3n) is 3.02. The van der Waals surface area contributed by atoms with E-state index in [1.165, 1.54) is 0 Å². The summed E-state index contributed by atoms with van der Waals surface area (Å²) < 4.78 is 0. The molecule has 19 heavy (non-hydrogen) atoms. The van der Waals surface area contributed by atoms with Crippen LogP contribution in [0.3, 0.4) is 0 Å². The molecule has 0 unspecified atom stereocenters. The van der Waals surface area contributed by atoms with Crippen LogP contribution in [-0.2, 0) is 12.8 Å². The van der Waals surface area contributed by atoms with Crippen molar-refractivity contribution in [3.8, 4) is 0 Å². The summed E-state index contributed by atoms with van der Waals surface area (Å²) in [6.07, 6.45) is 1.06. The van der Waals surface area contributed by atoms with Crippen molar-refractivity contribution < 1.29 is 5.11 Å². The van der Waals surface area contributed by atoms with Crippen molar-refractivity contribution in [3.05, 3.63) is 59.2 Å². The Morgan fingerprint density at radius 2 is 1.32 bits per heavy atom. The van der Waals surface area contributed by atoms with E-state index in [9.17, 15) is 5.11 Å². The number of aromatic nitrogens is 2. The number of aryl methyl sites for hydroxylation is 2. The maximum atomic E-state index is 10.5. The van der Waals surface area contributed by atoms with Gasteiger partial charge < -0.3 is 5.11 Å². The van der Waals surface area contributed by atoms with E-state index in [1.807, 2.05) is 57.2 Å². The molecule has 2 aromatic rings. The van der Waals surface area contributed by atoms with Crippen molar-refractivity contribution in [3.63, 3.8) is 0 Å². The van der Waals surface area contributed by atoms with Gasteiger partial charge in [-0.3, -0.25) is 9.97 Å². The van der Waals surface area contributed by atoms with Gasteiger partial charge in [0.25, 0.3) is 0 Å². The first-order chi connectivity index (χ1) is 8.94. The summed E-state index contributed by atoms with van der Waals surface area (Å²) in [4.78, 5) is 8.87. The molecule has 0 amide bonds. The predicted octanol–water partition coefficient (Wildman–Crippen LogP) is 2.63. The van der Waals surface area contributed by atoms with Crippen LogP contribution in [0.15, 0.2) is 36.4 Å². The fourth-order valence-electron chi connectivity index (χ4n) is 2.24. The third kappa shape index (κ3) is 4.14. The summed E-state index contributed by atoms with van der Waals surface area (Å²) in [7, 11) is 0. The molecule has 0 atom stereocenters. The molecule has 0 aromatic carbocycles. The molecule has 0 saturated carbocycles. The van der Waals surface area contributed by atoms with Crippen molar-refractivity contribution in [2.75, 3.05) is 0 Å². The monoisotopic (exact) mass is 256 g/mol. The maximum absolute atomic E-state index is 10.5. The molecule has 0 aliphatic carbocycles. The Morgan fingerprint density at radius 1 is 0.895 bits per heavy atom. The molecule has 2 aromatic heterocycles. The van der Waals surface area contributed by atoms with Crippen molar-refractivity contribution in [2.24, 2.45) is 0 Å². The second-order valence-corrected chi connectivity index (χ2v) is 5.39. The normalized spacial score (nSPS) is 11.6. The minimum absolute atomic E-state index is 0.532. The van der Waals surface area contributed by atoms with Gasteiger partial charge in [0.15, 0.2) is 0 Å². The summed E-state index contributed by atoms with van der Waals surface area (Å²) >= 11 is 0.